The number of piperidine rings is 1. The number of carbonyl (C=O) groups excluding carboxylic acids is 1. The second-order valence-corrected chi connectivity index (χ2v) is 6.71. The fourth-order valence-electron chi connectivity index (χ4n) is 3.31. The summed E-state index contributed by atoms with van der Waals surface area (Å²) >= 11 is 0. The minimum atomic E-state index is -0.490. The Bertz CT molecular complexity index is 928. The van der Waals surface area contributed by atoms with Gasteiger partial charge in [-0.25, -0.2) is 4.79 Å². The summed E-state index contributed by atoms with van der Waals surface area (Å²) in [6.45, 7) is 2.20. The minimum Gasteiger partial charge on any atom is -0.453 e. The van der Waals surface area contributed by atoms with Gasteiger partial charge in [0.05, 0.1) is 19.3 Å². The van der Waals surface area contributed by atoms with Crippen LogP contribution in [0.25, 0.3) is 22.9 Å². The molecule has 0 unspecified atom stereocenters. The van der Waals surface area contributed by atoms with Gasteiger partial charge in [-0.3, -0.25) is 5.10 Å². The van der Waals surface area contributed by atoms with Crippen LogP contribution >= 0.6 is 0 Å². The molecule has 0 atom stereocenters. The number of hydrogen-bond acceptors (Lipinski definition) is 6. The quantitative estimate of drug-likeness (QED) is 0.701. The lowest BCUT2D eigenvalue weighted by Crippen LogP contribution is -2.30. The highest BCUT2D eigenvalue weighted by Gasteiger charge is 2.24. The Hall–Kier alpha value is -3.29. The average molecular weight is 381 g/mol. The predicted molar refractivity (Wildman–Crippen MR) is 105 cm³/mol. The van der Waals surface area contributed by atoms with E-state index in [-0.39, 0.29) is 0 Å². The number of ether oxygens (including phenoxy) is 1. The Morgan fingerprint density at radius 3 is 2.79 bits per heavy atom. The first-order valence-electron chi connectivity index (χ1n) is 9.42. The van der Waals surface area contributed by atoms with Gasteiger partial charge in [0.15, 0.2) is 11.6 Å². The van der Waals surface area contributed by atoms with Crippen LogP contribution in [-0.4, -0.2) is 41.5 Å². The topological polar surface area (TPSA) is 96.3 Å². The Kier molecular flexibility index (Phi) is 5.27. The van der Waals surface area contributed by atoms with Crippen LogP contribution in [0.5, 0.6) is 0 Å². The standard InChI is InChI=1S/C20H23N5O3/c1-27-20(26)21-13-15-12-16(24-23-15)17-18(25-10-6-3-7-11-25)22-19(28-17)14-8-4-2-5-9-14/h2,4-5,8-9,12H,3,6-7,10-11,13H2,1H3,(H,21,26)(H,23,24). The van der Waals surface area contributed by atoms with Crippen molar-refractivity contribution in [3.63, 3.8) is 0 Å². The summed E-state index contributed by atoms with van der Waals surface area (Å²) in [5.41, 5.74) is 2.34. The number of benzene rings is 1. The molecule has 0 saturated carbocycles. The second-order valence-electron chi connectivity index (χ2n) is 6.71. The van der Waals surface area contributed by atoms with Crippen molar-refractivity contribution < 1.29 is 13.9 Å². The lowest BCUT2D eigenvalue weighted by atomic mass is 10.1. The highest BCUT2D eigenvalue weighted by atomic mass is 16.5. The van der Waals surface area contributed by atoms with Gasteiger partial charge in [0.2, 0.25) is 5.89 Å². The molecule has 8 nitrogen and oxygen atoms in total. The van der Waals surface area contributed by atoms with Crippen molar-refractivity contribution in [2.45, 2.75) is 25.8 Å². The molecule has 146 valence electrons. The van der Waals surface area contributed by atoms with E-state index in [4.69, 9.17) is 9.40 Å². The van der Waals surface area contributed by atoms with E-state index in [1.807, 2.05) is 36.4 Å². The fraction of sp³-hybridized carbons (Fsp3) is 0.350. The molecule has 0 bridgehead atoms. The maximum atomic E-state index is 11.3. The summed E-state index contributed by atoms with van der Waals surface area (Å²) in [7, 11) is 1.33. The summed E-state index contributed by atoms with van der Waals surface area (Å²) < 4.78 is 10.7. The van der Waals surface area contributed by atoms with Crippen LogP contribution in [0.4, 0.5) is 10.6 Å². The van der Waals surface area contributed by atoms with Gasteiger partial charge in [0.1, 0.15) is 5.69 Å². The molecule has 1 aliphatic heterocycles. The number of nitrogens with one attached hydrogen (secondary N) is 2. The van der Waals surface area contributed by atoms with Gasteiger partial charge in [-0.05, 0) is 37.5 Å². The van der Waals surface area contributed by atoms with Gasteiger partial charge in [-0.1, -0.05) is 18.2 Å². The zero-order chi connectivity index (χ0) is 19.3. The van der Waals surface area contributed by atoms with Gasteiger partial charge < -0.3 is 19.4 Å². The van der Waals surface area contributed by atoms with Crippen molar-refractivity contribution in [1.29, 1.82) is 0 Å². The van der Waals surface area contributed by atoms with Crippen LogP contribution in [0.3, 0.4) is 0 Å². The molecule has 2 aromatic heterocycles. The molecule has 1 amide bonds. The Labute approximate surface area is 162 Å². The zero-order valence-corrected chi connectivity index (χ0v) is 15.8. The molecule has 1 saturated heterocycles. The third-order valence-corrected chi connectivity index (χ3v) is 4.76. The largest absolute Gasteiger partial charge is 0.453 e. The summed E-state index contributed by atoms with van der Waals surface area (Å²) in [5, 5.41) is 9.94. The average Bonchev–Trinajstić information content (AvgIpc) is 3.40. The molecule has 28 heavy (non-hydrogen) atoms. The number of anilines is 1. The lowest BCUT2D eigenvalue weighted by molar-refractivity contribution is 0.170. The molecule has 1 fully saturated rings. The summed E-state index contributed by atoms with van der Waals surface area (Å²) in [5.74, 6) is 2.03. The van der Waals surface area contributed by atoms with E-state index in [2.05, 4.69) is 25.2 Å². The first-order valence-corrected chi connectivity index (χ1v) is 9.42. The third kappa shape index (κ3) is 3.85. The lowest BCUT2D eigenvalue weighted by Gasteiger charge is -2.26. The van der Waals surface area contributed by atoms with Gasteiger partial charge in [-0.2, -0.15) is 10.1 Å². The molecule has 1 aromatic carbocycles. The van der Waals surface area contributed by atoms with Crippen molar-refractivity contribution in [1.82, 2.24) is 20.5 Å². The van der Waals surface area contributed by atoms with Crippen molar-refractivity contribution in [2.75, 3.05) is 25.1 Å². The molecule has 0 aliphatic carbocycles. The maximum Gasteiger partial charge on any atom is 0.407 e. The van der Waals surface area contributed by atoms with Crippen LogP contribution in [0, 0.1) is 0 Å². The number of alkyl carbamates (subject to hydrolysis) is 1. The van der Waals surface area contributed by atoms with Crippen LogP contribution < -0.4 is 10.2 Å². The molecule has 0 spiro atoms. The first-order chi connectivity index (χ1) is 13.7. The van der Waals surface area contributed by atoms with E-state index in [0.29, 0.717) is 23.9 Å². The number of amides is 1. The van der Waals surface area contributed by atoms with Gasteiger partial charge in [0.25, 0.3) is 0 Å². The highest BCUT2D eigenvalue weighted by molar-refractivity contribution is 5.72. The normalized spacial score (nSPS) is 14.1. The predicted octanol–water partition coefficient (Wildman–Crippen LogP) is 3.58. The second kappa shape index (κ2) is 8.16. The Morgan fingerprint density at radius 2 is 2.04 bits per heavy atom. The highest BCUT2D eigenvalue weighted by Crippen LogP contribution is 2.35. The molecular weight excluding hydrogens is 358 g/mol. The number of methoxy groups -OCH3 is 1. The third-order valence-electron chi connectivity index (χ3n) is 4.76. The maximum absolute atomic E-state index is 11.3. The molecular formula is C20H23N5O3. The van der Waals surface area contributed by atoms with E-state index < -0.39 is 6.09 Å². The molecule has 0 radical (unpaired) electrons. The van der Waals surface area contributed by atoms with E-state index in [1.54, 1.807) is 0 Å². The molecule has 4 rings (SSSR count). The van der Waals surface area contributed by atoms with Crippen molar-refractivity contribution in [3.8, 4) is 22.9 Å². The molecule has 2 N–H and O–H groups in total. The summed E-state index contributed by atoms with van der Waals surface area (Å²) in [6, 6.07) is 11.7. The van der Waals surface area contributed by atoms with E-state index in [0.717, 1.165) is 43.0 Å². The van der Waals surface area contributed by atoms with E-state index in [9.17, 15) is 4.79 Å². The van der Waals surface area contributed by atoms with Gasteiger partial charge in [0, 0.05) is 18.7 Å². The number of H-pyrrole nitrogens is 1. The first kappa shape index (κ1) is 18.1. The molecule has 3 heterocycles. The van der Waals surface area contributed by atoms with Crippen LogP contribution in [-0.2, 0) is 11.3 Å². The molecule has 1 aliphatic rings. The van der Waals surface area contributed by atoms with Crippen molar-refractivity contribution in [2.24, 2.45) is 0 Å². The number of aromatic amines is 1. The van der Waals surface area contributed by atoms with Gasteiger partial charge >= 0.3 is 6.09 Å². The minimum absolute atomic E-state index is 0.290. The van der Waals surface area contributed by atoms with Crippen molar-refractivity contribution >= 4 is 11.9 Å². The summed E-state index contributed by atoms with van der Waals surface area (Å²) in [4.78, 5) is 18.3. The van der Waals surface area contributed by atoms with Crippen LogP contribution in [0.1, 0.15) is 25.0 Å². The Morgan fingerprint density at radius 1 is 1.25 bits per heavy atom. The number of hydrogen-bond donors (Lipinski definition) is 2. The zero-order valence-electron chi connectivity index (χ0n) is 15.8. The summed E-state index contributed by atoms with van der Waals surface area (Å²) in [6.07, 6.45) is 3.03. The van der Waals surface area contributed by atoms with Crippen LogP contribution in [0.15, 0.2) is 40.8 Å². The number of aromatic nitrogens is 3. The van der Waals surface area contributed by atoms with Crippen molar-refractivity contribution in [3.05, 3.63) is 42.1 Å². The van der Waals surface area contributed by atoms with E-state index >= 15 is 0 Å². The molecule has 8 heteroatoms. The number of rotatable bonds is 5. The van der Waals surface area contributed by atoms with Gasteiger partial charge in [-0.15, -0.1) is 0 Å². The number of nitrogens with zero attached hydrogens (tertiary/aromatic N) is 3. The smallest absolute Gasteiger partial charge is 0.407 e. The number of carbonyl (C=O) groups is 1. The van der Waals surface area contributed by atoms with E-state index in [1.165, 1.54) is 13.5 Å². The van der Waals surface area contributed by atoms with Crippen LogP contribution in [0.2, 0.25) is 0 Å². The Balaban J connectivity index is 1.66. The number of oxazole rings is 1. The fourth-order valence-corrected chi connectivity index (χ4v) is 3.31. The SMILES string of the molecule is COC(=O)NCc1cc(-c2oc(-c3ccccc3)nc2N2CCCCC2)n[nH]1. The monoisotopic (exact) mass is 381 g/mol. The molecule has 3 aromatic rings.